The zero-order valence-electron chi connectivity index (χ0n) is 10.7. The number of aromatic nitrogens is 2. The van der Waals surface area contributed by atoms with E-state index in [1.807, 2.05) is 0 Å². The van der Waals surface area contributed by atoms with E-state index in [2.05, 4.69) is 5.16 Å². The molecule has 3 fully saturated rings. The number of rotatable bonds is 2. The van der Waals surface area contributed by atoms with Crippen LogP contribution in [0.25, 0.3) is 0 Å². The summed E-state index contributed by atoms with van der Waals surface area (Å²) >= 11 is 0. The zero-order valence-corrected chi connectivity index (χ0v) is 10.7. The molecular weight excluding hydrogens is 226 g/mol. The van der Waals surface area contributed by atoms with Gasteiger partial charge in [-0.25, -0.2) is 0 Å². The van der Waals surface area contributed by atoms with Crippen molar-refractivity contribution in [3.05, 3.63) is 11.7 Å². The first-order valence-electron chi connectivity index (χ1n) is 7.38. The summed E-state index contributed by atoms with van der Waals surface area (Å²) in [6.07, 6.45) is 8.68. The summed E-state index contributed by atoms with van der Waals surface area (Å²) in [5.74, 6) is 4.59. The van der Waals surface area contributed by atoms with Gasteiger partial charge in [0, 0.05) is 17.9 Å². The Morgan fingerprint density at radius 3 is 2.67 bits per heavy atom. The van der Waals surface area contributed by atoms with Gasteiger partial charge in [-0.1, -0.05) is 11.6 Å². The maximum absolute atomic E-state index is 5.95. The molecule has 1 aromatic rings. The molecule has 3 saturated carbocycles. The second-order valence-corrected chi connectivity index (χ2v) is 6.54. The van der Waals surface area contributed by atoms with Gasteiger partial charge in [0.25, 0.3) is 0 Å². The minimum absolute atomic E-state index is 0.327. The van der Waals surface area contributed by atoms with E-state index in [1.54, 1.807) is 0 Å². The summed E-state index contributed by atoms with van der Waals surface area (Å²) in [4.78, 5) is 4.69. The fraction of sp³-hybridized carbons (Fsp3) is 0.857. The van der Waals surface area contributed by atoms with Crippen LogP contribution in [0.4, 0.5) is 0 Å². The molecule has 0 aliphatic heterocycles. The van der Waals surface area contributed by atoms with E-state index in [-0.39, 0.29) is 0 Å². The highest BCUT2D eigenvalue weighted by molar-refractivity contribution is 5.08. The highest BCUT2D eigenvalue weighted by atomic mass is 16.5. The number of nitrogens with zero attached hydrogens (tertiary/aromatic N) is 2. The van der Waals surface area contributed by atoms with Crippen molar-refractivity contribution in [3.63, 3.8) is 0 Å². The summed E-state index contributed by atoms with van der Waals surface area (Å²) in [6.45, 7) is 0. The van der Waals surface area contributed by atoms with Gasteiger partial charge in [-0.3, -0.25) is 0 Å². The van der Waals surface area contributed by atoms with Crippen molar-refractivity contribution in [2.75, 3.05) is 0 Å². The Morgan fingerprint density at radius 1 is 1.06 bits per heavy atom. The molecule has 0 radical (unpaired) electrons. The van der Waals surface area contributed by atoms with Gasteiger partial charge in [-0.15, -0.1) is 0 Å². The first-order valence-corrected chi connectivity index (χ1v) is 7.38. The largest absolute Gasteiger partial charge is 0.339 e. The summed E-state index contributed by atoms with van der Waals surface area (Å²) in [5, 5.41) is 4.26. The molecule has 0 aromatic carbocycles. The molecule has 4 nitrogen and oxygen atoms in total. The molecule has 5 atom stereocenters. The van der Waals surface area contributed by atoms with Crippen LogP contribution in [-0.2, 0) is 0 Å². The Bertz CT molecular complexity index is 444. The van der Waals surface area contributed by atoms with Crippen molar-refractivity contribution in [3.8, 4) is 0 Å². The van der Waals surface area contributed by atoms with Crippen LogP contribution in [0.2, 0.25) is 0 Å². The fourth-order valence-corrected chi connectivity index (χ4v) is 4.37. The van der Waals surface area contributed by atoms with Gasteiger partial charge >= 0.3 is 0 Å². The number of hydrogen-bond donors (Lipinski definition) is 1. The standard InChI is InChI=1S/C14H21N3O/c15-11-4-3-10(7-11)14-16-13(17-18-14)12-6-8-1-2-9(12)5-8/h8-12H,1-7,15H2/t8?,9?,10-,11+,12?/m1/s1. The smallest absolute Gasteiger partial charge is 0.229 e. The van der Waals surface area contributed by atoms with E-state index in [0.717, 1.165) is 42.8 Å². The second kappa shape index (κ2) is 4.05. The lowest BCUT2D eigenvalue weighted by Crippen LogP contribution is -2.14. The predicted octanol–water partition coefficient (Wildman–Crippen LogP) is 2.57. The number of hydrogen-bond acceptors (Lipinski definition) is 4. The Morgan fingerprint density at radius 2 is 2.00 bits per heavy atom. The molecule has 2 bridgehead atoms. The molecule has 0 amide bonds. The molecule has 3 aliphatic rings. The molecule has 4 rings (SSSR count). The van der Waals surface area contributed by atoms with Crippen LogP contribution in [0.15, 0.2) is 4.52 Å². The average molecular weight is 247 g/mol. The molecule has 0 saturated heterocycles. The van der Waals surface area contributed by atoms with Gasteiger partial charge < -0.3 is 10.3 Å². The van der Waals surface area contributed by atoms with Crippen LogP contribution < -0.4 is 5.73 Å². The Labute approximate surface area is 107 Å². The van der Waals surface area contributed by atoms with Crippen molar-refractivity contribution in [1.82, 2.24) is 10.1 Å². The summed E-state index contributed by atoms with van der Waals surface area (Å²) < 4.78 is 5.50. The van der Waals surface area contributed by atoms with Gasteiger partial charge in [0.2, 0.25) is 5.89 Å². The molecule has 3 aliphatic carbocycles. The molecule has 18 heavy (non-hydrogen) atoms. The first-order chi connectivity index (χ1) is 8.79. The molecule has 4 heteroatoms. The highest BCUT2D eigenvalue weighted by Gasteiger charge is 2.42. The third kappa shape index (κ3) is 1.69. The van der Waals surface area contributed by atoms with Gasteiger partial charge in [-0.2, -0.15) is 4.98 Å². The van der Waals surface area contributed by atoms with Crippen molar-refractivity contribution in [1.29, 1.82) is 0 Å². The second-order valence-electron chi connectivity index (χ2n) is 6.54. The Kier molecular flexibility index (Phi) is 2.47. The molecule has 2 N–H and O–H groups in total. The van der Waals surface area contributed by atoms with Crippen LogP contribution in [-0.4, -0.2) is 16.2 Å². The van der Waals surface area contributed by atoms with Gasteiger partial charge in [0.1, 0.15) is 0 Å². The van der Waals surface area contributed by atoms with Crippen molar-refractivity contribution in [2.24, 2.45) is 17.6 Å². The highest BCUT2D eigenvalue weighted by Crippen LogP contribution is 2.52. The van der Waals surface area contributed by atoms with E-state index in [0.29, 0.717) is 17.9 Å². The molecule has 1 heterocycles. The minimum atomic E-state index is 0.327. The van der Waals surface area contributed by atoms with Crippen molar-refractivity contribution < 1.29 is 4.52 Å². The zero-order chi connectivity index (χ0) is 12.1. The van der Waals surface area contributed by atoms with Crippen LogP contribution in [0.5, 0.6) is 0 Å². The minimum Gasteiger partial charge on any atom is -0.339 e. The quantitative estimate of drug-likeness (QED) is 0.872. The third-order valence-electron chi connectivity index (χ3n) is 5.35. The van der Waals surface area contributed by atoms with Crippen LogP contribution in [0, 0.1) is 11.8 Å². The predicted molar refractivity (Wildman–Crippen MR) is 67.1 cm³/mol. The lowest BCUT2D eigenvalue weighted by molar-refractivity contribution is 0.336. The average Bonchev–Trinajstić information content (AvgIpc) is 3.12. The molecule has 3 unspecified atom stereocenters. The maximum Gasteiger partial charge on any atom is 0.229 e. The lowest BCUT2D eigenvalue weighted by atomic mass is 9.88. The fourth-order valence-electron chi connectivity index (χ4n) is 4.37. The Hall–Kier alpha value is -0.900. The normalized spacial score (nSPS) is 42.8. The maximum atomic E-state index is 5.95. The third-order valence-corrected chi connectivity index (χ3v) is 5.35. The van der Waals surface area contributed by atoms with Gasteiger partial charge in [0.15, 0.2) is 5.82 Å². The van der Waals surface area contributed by atoms with Crippen LogP contribution in [0.1, 0.15) is 68.5 Å². The topological polar surface area (TPSA) is 64.9 Å². The van der Waals surface area contributed by atoms with Gasteiger partial charge in [0.05, 0.1) is 0 Å². The van der Waals surface area contributed by atoms with Crippen LogP contribution in [0.3, 0.4) is 0 Å². The van der Waals surface area contributed by atoms with E-state index < -0.39 is 0 Å². The van der Waals surface area contributed by atoms with Crippen molar-refractivity contribution in [2.45, 2.75) is 62.8 Å². The Balaban J connectivity index is 1.52. The number of fused-ring (bicyclic) bond motifs is 2. The SMILES string of the molecule is N[C@H]1CC[C@@H](c2nc(C3CC4CCC3C4)no2)C1. The van der Waals surface area contributed by atoms with Gasteiger partial charge in [-0.05, 0) is 50.4 Å². The van der Waals surface area contributed by atoms with E-state index in [1.165, 1.54) is 25.7 Å². The van der Waals surface area contributed by atoms with E-state index >= 15 is 0 Å². The molecule has 98 valence electrons. The molecule has 0 spiro atoms. The molecular formula is C14H21N3O. The summed E-state index contributed by atoms with van der Waals surface area (Å²) in [5.41, 5.74) is 5.95. The van der Waals surface area contributed by atoms with E-state index in [4.69, 9.17) is 15.2 Å². The summed E-state index contributed by atoms with van der Waals surface area (Å²) in [6, 6.07) is 0.327. The molecule has 1 aromatic heterocycles. The van der Waals surface area contributed by atoms with E-state index in [9.17, 15) is 0 Å². The monoisotopic (exact) mass is 247 g/mol. The van der Waals surface area contributed by atoms with Crippen LogP contribution >= 0.6 is 0 Å². The lowest BCUT2D eigenvalue weighted by Gasteiger charge is -2.17. The van der Waals surface area contributed by atoms with Crippen molar-refractivity contribution >= 4 is 0 Å². The summed E-state index contributed by atoms with van der Waals surface area (Å²) in [7, 11) is 0. The first kappa shape index (κ1) is 11.0. The number of nitrogens with two attached hydrogens (primary N) is 1.